The first-order valence-corrected chi connectivity index (χ1v) is 5.58. The molecule has 1 rings (SSSR count). The zero-order valence-corrected chi connectivity index (χ0v) is 10.8. The van der Waals surface area contributed by atoms with Crippen molar-refractivity contribution >= 4 is 18.3 Å². The average Bonchev–Trinajstić information content (AvgIpc) is 2.15. The highest BCUT2D eigenvalue weighted by molar-refractivity contribution is 6.61. The van der Waals surface area contributed by atoms with Crippen molar-refractivity contribution in [2.24, 2.45) is 0 Å². The molecular formula is C12H20BNO3. The number of benzene rings is 1. The standard InChI is InChI=1S/C12H20BNO3/c1-11(2,15)12(3,4)17-13(16)9-7-5-6-8-10(9)14/h5-8,15-16H,14H2,1-4H3. The fourth-order valence-corrected chi connectivity index (χ4v) is 1.22. The molecule has 0 aromatic heterocycles. The minimum absolute atomic E-state index is 0.464. The molecule has 0 aliphatic rings. The lowest BCUT2D eigenvalue weighted by Crippen LogP contribution is -2.53. The van der Waals surface area contributed by atoms with Gasteiger partial charge in [-0.2, -0.15) is 0 Å². The maximum absolute atomic E-state index is 9.99. The predicted molar refractivity (Wildman–Crippen MR) is 69.9 cm³/mol. The van der Waals surface area contributed by atoms with Crippen molar-refractivity contribution in [2.75, 3.05) is 5.73 Å². The Bertz CT molecular complexity index is 388. The van der Waals surface area contributed by atoms with Crippen LogP contribution in [0.5, 0.6) is 0 Å². The van der Waals surface area contributed by atoms with Gasteiger partial charge in [0.2, 0.25) is 0 Å². The second-order valence-electron chi connectivity index (χ2n) is 5.17. The summed E-state index contributed by atoms with van der Waals surface area (Å²) in [7, 11) is -1.15. The molecular weight excluding hydrogens is 217 g/mol. The van der Waals surface area contributed by atoms with E-state index < -0.39 is 18.3 Å². The summed E-state index contributed by atoms with van der Waals surface area (Å²) < 4.78 is 5.49. The number of hydrogen-bond acceptors (Lipinski definition) is 4. The normalized spacial score (nSPS) is 12.6. The number of aliphatic hydroxyl groups is 1. The lowest BCUT2D eigenvalue weighted by Gasteiger charge is -2.38. The second-order valence-corrected chi connectivity index (χ2v) is 5.17. The van der Waals surface area contributed by atoms with E-state index in [1.54, 1.807) is 52.0 Å². The van der Waals surface area contributed by atoms with E-state index >= 15 is 0 Å². The average molecular weight is 237 g/mol. The maximum Gasteiger partial charge on any atom is 0.493 e. The summed E-state index contributed by atoms with van der Waals surface area (Å²) in [4.78, 5) is 0. The Morgan fingerprint density at radius 2 is 1.71 bits per heavy atom. The van der Waals surface area contributed by atoms with Crippen LogP contribution in [0, 0.1) is 0 Å². The zero-order chi connectivity index (χ0) is 13.3. The maximum atomic E-state index is 9.99. The number of nitrogens with two attached hydrogens (primary N) is 1. The molecule has 5 heteroatoms. The molecule has 0 radical (unpaired) electrons. The van der Waals surface area contributed by atoms with Crippen molar-refractivity contribution in [1.29, 1.82) is 0 Å². The third kappa shape index (κ3) is 3.22. The first-order chi connectivity index (χ1) is 7.65. The van der Waals surface area contributed by atoms with Crippen molar-refractivity contribution < 1.29 is 14.8 Å². The lowest BCUT2D eigenvalue weighted by atomic mass is 9.75. The van der Waals surface area contributed by atoms with Gasteiger partial charge in [-0.15, -0.1) is 0 Å². The third-order valence-corrected chi connectivity index (χ3v) is 3.14. The number of para-hydroxylation sites is 1. The van der Waals surface area contributed by atoms with E-state index in [9.17, 15) is 10.1 Å². The monoisotopic (exact) mass is 237 g/mol. The summed E-state index contributed by atoms with van der Waals surface area (Å²) in [5, 5.41) is 19.9. The quantitative estimate of drug-likeness (QED) is 0.527. The molecule has 0 fully saturated rings. The molecule has 0 saturated heterocycles. The Labute approximate surface area is 103 Å². The summed E-state index contributed by atoms with van der Waals surface area (Å²) in [6, 6.07) is 6.95. The largest absolute Gasteiger partial charge is 0.493 e. The van der Waals surface area contributed by atoms with E-state index in [4.69, 9.17) is 10.4 Å². The molecule has 0 aliphatic carbocycles. The van der Waals surface area contributed by atoms with E-state index in [1.165, 1.54) is 0 Å². The van der Waals surface area contributed by atoms with Crippen molar-refractivity contribution in [2.45, 2.75) is 38.9 Å². The van der Waals surface area contributed by atoms with Gasteiger partial charge in [-0.1, -0.05) is 18.2 Å². The van der Waals surface area contributed by atoms with Gasteiger partial charge in [-0.3, -0.25) is 0 Å². The van der Waals surface area contributed by atoms with E-state index in [-0.39, 0.29) is 0 Å². The number of anilines is 1. The minimum Gasteiger partial charge on any atom is -0.423 e. The van der Waals surface area contributed by atoms with Gasteiger partial charge in [0.15, 0.2) is 0 Å². The first kappa shape index (κ1) is 14.0. The van der Waals surface area contributed by atoms with Crippen LogP contribution in [0.1, 0.15) is 27.7 Å². The van der Waals surface area contributed by atoms with Crippen molar-refractivity contribution in [3.63, 3.8) is 0 Å². The Balaban J connectivity index is 2.87. The SMILES string of the molecule is CC(C)(O)C(C)(C)OB(O)c1ccccc1N. The Hall–Kier alpha value is -1.04. The Morgan fingerprint density at radius 3 is 2.18 bits per heavy atom. The van der Waals surface area contributed by atoms with Crippen LogP contribution in [0.4, 0.5) is 5.69 Å². The highest BCUT2D eigenvalue weighted by Gasteiger charge is 2.39. The molecule has 0 aliphatic heterocycles. The zero-order valence-electron chi connectivity index (χ0n) is 10.8. The summed E-state index contributed by atoms with van der Waals surface area (Å²) in [5.41, 5.74) is 4.75. The molecule has 0 saturated carbocycles. The van der Waals surface area contributed by atoms with Gasteiger partial charge >= 0.3 is 7.12 Å². The topological polar surface area (TPSA) is 75.7 Å². The predicted octanol–water partition coefficient (Wildman–Crippen LogP) is 0.522. The molecule has 94 valence electrons. The van der Waals surface area contributed by atoms with E-state index in [0.29, 0.717) is 11.2 Å². The first-order valence-electron chi connectivity index (χ1n) is 5.58. The van der Waals surface area contributed by atoms with Crippen LogP contribution < -0.4 is 11.2 Å². The summed E-state index contributed by atoms with van der Waals surface area (Å²) >= 11 is 0. The minimum atomic E-state index is -1.15. The summed E-state index contributed by atoms with van der Waals surface area (Å²) in [5.74, 6) is 0. The van der Waals surface area contributed by atoms with Gasteiger partial charge in [0.25, 0.3) is 0 Å². The molecule has 17 heavy (non-hydrogen) atoms. The molecule has 1 aromatic rings. The molecule has 0 heterocycles. The van der Waals surface area contributed by atoms with Crippen molar-refractivity contribution in [1.82, 2.24) is 0 Å². The van der Waals surface area contributed by atoms with E-state index in [0.717, 1.165) is 0 Å². The van der Waals surface area contributed by atoms with Crippen molar-refractivity contribution in [3.8, 4) is 0 Å². The highest BCUT2D eigenvalue weighted by atomic mass is 16.5. The molecule has 0 unspecified atom stereocenters. The van der Waals surface area contributed by atoms with Gasteiger partial charge in [0, 0.05) is 11.2 Å². The van der Waals surface area contributed by atoms with Crippen LogP contribution in [0.15, 0.2) is 24.3 Å². The van der Waals surface area contributed by atoms with Gasteiger partial charge in [0.05, 0.1) is 11.2 Å². The van der Waals surface area contributed by atoms with Crippen LogP contribution in [0.25, 0.3) is 0 Å². The second kappa shape index (κ2) is 4.68. The molecule has 0 atom stereocenters. The lowest BCUT2D eigenvalue weighted by molar-refractivity contribution is -0.0982. The number of rotatable bonds is 4. The highest BCUT2D eigenvalue weighted by Crippen LogP contribution is 2.25. The van der Waals surface area contributed by atoms with Crippen LogP contribution in [0.3, 0.4) is 0 Å². The third-order valence-electron chi connectivity index (χ3n) is 3.14. The smallest absolute Gasteiger partial charge is 0.423 e. The molecule has 4 nitrogen and oxygen atoms in total. The molecule has 0 bridgehead atoms. The molecule has 0 amide bonds. The van der Waals surface area contributed by atoms with Crippen LogP contribution in [-0.2, 0) is 4.65 Å². The number of hydrogen-bond donors (Lipinski definition) is 3. The van der Waals surface area contributed by atoms with Crippen LogP contribution in [0.2, 0.25) is 0 Å². The molecule has 4 N–H and O–H groups in total. The molecule has 1 aromatic carbocycles. The van der Waals surface area contributed by atoms with Gasteiger partial charge in [-0.05, 0) is 33.8 Å². The molecule has 0 spiro atoms. The Kier molecular flexibility index (Phi) is 3.86. The van der Waals surface area contributed by atoms with Gasteiger partial charge in [-0.25, -0.2) is 0 Å². The fourth-order valence-electron chi connectivity index (χ4n) is 1.22. The van der Waals surface area contributed by atoms with Crippen molar-refractivity contribution in [3.05, 3.63) is 24.3 Å². The Morgan fingerprint density at radius 1 is 1.18 bits per heavy atom. The summed E-state index contributed by atoms with van der Waals surface area (Å²) in [6.07, 6.45) is 0. The van der Waals surface area contributed by atoms with Crippen LogP contribution in [-0.4, -0.2) is 28.5 Å². The van der Waals surface area contributed by atoms with E-state index in [1.807, 2.05) is 0 Å². The fraction of sp³-hybridized carbons (Fsp3) is 0.500. The van der Waals surface area contributed by atoms with Gasteiger partial charge in [0.1, 0.15) is 0 Å². The summed E-state index contributed by atoms with van der Waals surface area (Å²) in [6.45, 7) is 6.70. The van der Waals surface area contributed by atoms with Crippen LogP contribution >= 0.6 is 0 Å². The number of nitrogen functional groups attached to an aromatic ring is 1. The van der Waals surface area contributed by atoms with Gasteiger partial charge < -0.3 is 20.5 Å². The van der Waals surface area contributed by atoms with E-state index in [2.05, 4.69) is 0 Å².